The van der Waals surface area contributed by atoms with E-state index in [0.29, 0.717) is 18.9 Å². The zero-order valence-corrected chi connectivity index (χ0v) is 12.8. The molecular weight excluding hydrogens is 272 g/mol. The summed E-state index contributed by atoms with van der Waals surface area (Å²) in [6.07, 6.45) is 5.50. The highest BCUT2D eigenvalue weighted by Gasteiger charge is 2.26. The van der Waals surface area contributed by atoms with Crippen LogP contribution in [0.4, 0.5) is 0 Å². The predicted molar refractivity (Wildman–Crippen MR) is 79.4 cm³/mol. The van der Waals surface area contributed by atoms with Crippen molar-refractivity contribution in [3.05, 3.63) is 0 Å². The summed E-state index contributed by atoms with van der Waals surface area (Å²) in [6, 6.07) is -0.546. The molecule has 0 aromatic rings. The maximum atomic E-state index is 11.8. The number of hydrogen-bond donors (Lipinski definition) is 3. The van der Waals surface area contributed by atoms with E-state index in [-0.39, 0.29) is 18.9 Å². The third-order valence-corrected chi connectivity index (χ3v) is 3.94. The zero-order chi connectivity index (χ0) is 15.7. The van der Waals surface area contributed by atoms with E-state index in [0.717, 1.165) is 12.8 Å². The van der Waals surface area contributed by atoms with Gasteiger partial charge in [-0.2, -0.15) is 0 Å². The maximum absolute atomic E-state index is 11.8. The van der Waals surface area contributed by atoms with Crippen LogP contribution >= 0.6 is 0 Å². The number of nitrogens with two attached hydrogens (primary N) is 1. The highest BCUT2D eigenvalue weighted by Crippen LogP contribution is 2.27. The first-order chi connectivity index (χ1) is 10.0. The number of nitrogens with one attached hydrogen (secondary N) is 1. The van der Waals surface area contributed by atoms with Crippen LogP contribution in [0, 0.1) is 5.92 Å². The fourth-order valence-corrected chi connectivity index (χ4v) is 2.76. The number of aliphatic hydroxyl groups is 1. The molecule has 1 saturated carbocycles. The molecule has 6 nitrogen and oxygen atoms in total. The number of amides is 1. The number of carbonyl (C=O) groups is 2. The van der Waals surface area contributed by atoms with E-state index in [1.807, 2.05) is 0 Å². The van der Waals surface area contributed by atoms with Gasteiger partial charge in [-0.1, -0.05) is 32.1 Å². The molecule has 0 radical (unpaired) electrons. The minimum absolute atomic E-state index is 0.101. The molecule has 4 N–H and O–H groups in total. The summed E-state index contributed by atoms with van der Waals surface area (Å²) in [5, 5.41) is 12.5. The summed E-state index contributed by atoms with van der Waals surface area (Å²) in [5.41, 5.74) is 5.93. The van der Waals surface area contributed by atoms with Crippen LogP contribution in [0.1, 0.15) is 51.9 Å². The number of hydrogen-bond acceptors (Lipinski definition) is 5. The quantitative estimate of drug-likeness (QED) is 0.573. The maximum Gasteiger partial charge on any atom is 0.307 e. The lowest BCUT2D eigenvalue weighted by Crippen LogP contribution is -2.47. The Kier molecular flexibility index (Phi) is 8.30. The smallest absolute Gasteiger partial charge is 0.307 e. The molecule has 1 rings (SSSR count). The van der Waals surface area contributed by atoms with Gasteiger partial charge in [-0.15, -0.1) is 0 Å². The molecule has 2 atom stereocenters. The van der Waals surface area contributed by atoms with E-state index in [4.69, 9.17) is 10.5 Å². The minimum Gasteiger partial charge on any atom is -0.466 e. The van der Waals surface area contributed by atoms with Crippen LogP contribution in [-0.4, -0.2) is 42.3 Å². The second-order valence-electron chi connectivity index (χ2n) is 5.69. The lowest BCUT2D eigenvalue weighted by molar-refractivity contribution is -0.143. The van der Waals surface area contributed by atoms with Gasteiger partial charge >= 0.3 is 5.97 Å². The van der Waals surface area contributed by atoms with Crippen molar-refractivity contribution in [1.82, 2.24) is 5.32 Å². The molecule has 0 aromatic carbocycles. The molecule has 0 heterocycles. The van der Waals surface area contributed by atoms with Gasteiger partial charge in [0.2, 0.25) is 5.91 Å². The SMILES string of the molecule is CCOC(=O)CCNC(=O)C(O)C(N)CC1CCCCC1. The van der Waals surface area contributed by atoms with Crippen LogP contribution in [0.2, 0.25) is 0 Å². The largest absolute Gasteiger partial charge is 0.466 e. The van der Waals surface area contributed by atoms with Crippen molar-refractivity contribution in [3.8, 4) is 0 Å². The topological polar surface area (TPSA) is 102 Å². The van der Waals surface area contributed by atoms with Gasteiger partial charge in [0.1, 0.15) is 6.10 Å². The standard InChI is InChI=1S/C15H28N2O4/c1-2-21-13(18)8-9-17-15(20)14(19)12(16)10-11-6-4-3-5-7-11/h11-12,14,19H,2-10,16H2,1H3,(H,17,20). The summed E-state index contributed by atoms with van der Waals surface area (Å²) >= 11 is 0. The Morgan fingerprint density at radius 1 is 1.33 bits per heavy atom. The molecule has 21 heavy (non-hydrogen) atoms. The van der Waals surface area contributed by atoms with E-state index >= 15 is 0 Å². The molecule has 0 aliphatic heterocycles. The molecule has 0 bridgehead atoms. The molecule has 1 aliphatic rings. The lowest BCUT2D eigenvalue weighted by Gasteiger charge is -2.26. The summed E-state index contributed by atoms with van der Waals surface area (Å²) in [4.78, 5) is 22.9. The number of carbonyl (C=O) groups excluding carboxylic acids is 2. The van der Waals surface area contributed by atoms with E-state index < -0.39 is 18.1 Å². The first kappa shape index (κ1) is 17.9. The first-order valence-corrected chi connectivity index (χ1v) is 7.91. The van der Waals surface area contributed by atoms with E-state index in [1.54, 1.807) is 6.92 Å². The van der Waals surface area contributed by atoms with Crippen molar-refractivity contribution >= 4 is 11.9 Å². The van der Waals surface area contributed by atoms with Gasteiger partial charge in [-0.05, 0) is 19.3 Å². The molecule has 0 spiro atoms. The Labute approximate surface area is 126 Å². The van der Waals surface area contributed by atoms with Crippen molar-refractivity contribution in [3.63, 3.8) is 0 Å². The van der Waals surface area contributed by atoms with Gasteiger partial charge in [0.05, 0.1) is 13.0 Å². The summed E-state index contributed by atoms with van der Waals surface area (Å²) < 4.78 is 4.75. The number of esters is 1. The van der Waals surface area contributed by atoms with Gasteiger partial charge in [0.25, 0.3) is 0 Å². The number of rotatable bonds is 8. The molecular formula is C15H28N2O4. The molecule has 1 aliphatic carbocycles. The monoisotopic (exact) mass is 300 g/mol. The predicted octanol–water partition coefficient (Wildman–Crippen LogP) is 0.714. The molecule has 0 saturated heterocycles. The first-order valence-electron chi connectivity index (χ1n) is 7.91. The van der Waals surface area contributed by atoms with Crippen LogP contribution in [-0.2, 0) is 14.3 Å². The summed E-state index contributed by atoms with van der Waals surface area (Å²) in [6.45, 7) is 2.21. The fourth-order valence-electron chi connectivity index (χ4n) is 2.76. The van der Waals surface area contributed by atoms with Crippen LogP contribution in [0.25, 0.3) is 0 Å². The molecule has 1 amide bonds. The van der Waals surface area contributed by atoms with E-state index in [9.17, 15) is 14.7 Å². The van der Waals surface area contributed by atoms with Crippen LogP contribution < -0.4 is 11.1 Å². The van der Waals surface area contributed by atoms with Crippen molar-refractivity contribution in [1.29, 1.82) is 0 Å². The van der Waals surface area contributed by atoms with E-state index in [2.05, 4.69) is 5.32 Å². The number of ether oxygens (including phenoxy) is 1. The van der Waals surface area contributed by atoms with Crippen molar-refractivity contribution in [2.45, 2.75) is 64.0 Å². The zero-order valence-electron chi connectivity index (χ0n) is 12.8. The summed E-state index contributed by atoms with van der Waals surface area (Å²) in [5.74, 6) is -0.364. The molecule has 0 aromatic heterocycles. The lowest BCUT2D eigenvalue weighted by atomic mass is 9.84. The highest BCUT2D eigenvalue weighted by molar-refractivity contribution is 5.81. The number of aliphatic hydroxyl groups excluding tert-OH is 1. The fraction of sp³-hybridized carbons (Fsp3) is 0.867. The van der Waals surface area contributed by atoms with Gasteiger partial charge in [0, 0.05) is 12.6 Å². The van der Waals surface area contributed by atoms with E-state index in [1.165, 1.54) is 19.3 Å². The average Bonchev–Trinajstić information content (AvgIpc) is 2.47. The van der Waals surface area contributed by atoms with Gasteiger partial charge in [-0.3, -0.25) is 9.59 Å². The van der Waals surface area contributed by atoms with Gasteiger partial charge in [-0.25, -0.2) is 0 Å². The van der Waals surface area contributed by atoms with Crippen molar-refractivity contribution in [2.24, 2.45) is 11.7 Å². The van der Waals surface area contributed by atoms with Crippen molar-refractivity contribution in [2.75, 3.05) is 13.2 Å². The van der Waals surface area contributed by atoms with Crippen LogP contribution in [0.5, 0.6) is 0 Å². The average molecular weight is 300 g/mol. The second kappa shape index (κ2) is 9.73. The molecule has 1 fully saturated rings. The van der Waals surface area contributed by atoms with Crippen LogP contribution in [0.3, 0.4) is 0 Å². The second-order valence-corrected chi connectivity index (χ2v) is 5.69. The Balaban J connectivity index is 2.23. The Morgan fingerprint density at radius 2 is 2.00 bits per heavy atom. The normalized spacial score (nSPS) is 18.8. The Morgan fingerprint density at radius 3 is 2.62 bits per heavy atom. The molecule has 122 valence electrons. The molecule has 2 unspecified atom stereocenters. The minimum atomic E-state index is -1.21. The van der Waals surface area contributed by atoms with Gasteiger partial charge in [0.15, 0.2) is 0 Å². The molecule has 6 heteroatoms. The Hall–Kier alpha value is -1.14. The Bertz CT molecular complexity index is 330. The van der Waals surface area contributed by atoms with Crippen LogP contribution in [0.15, 0.2) is 0 Å². The van der Waals surface area contributed by atoms with Crippen molar-refractivity contribution < 1.29 is 19.4 Å². The summed E-state index contributed by atoms with van der Waals surface area (Å²) in [7, 11) is 0. The van der Waals surface area contributed by atoms with Gasteiger partial charge < -0.3 is 20.9 Å². The third kappa shape index (κ3) is 6.91. The third-order valence-electron chi connectivity index (χ3n) is 3.94. The highest BCUT2D eigenvalue weighted by atomic mass is 16.5.